The van der Waals surface area contributed by atoms with E-state index in [0.717, 1.165) is 31.4 Å². The standard InChI is InChI=1S/C18H23N3O3S/c1-3-8-13(9-4-2)19-20-18-21(14-10-6-5-7-11-14)17(24)15(25-18)12-16(22)23/h5-7,10-11,15H,3-4,8-9,12H2,1-2H3,(H,22,23)/t15-/m0/s1. The molecule has 0 spiro atoms. The minimum absolute atomic E-state index is 0.230. The number of para-hydroxylation sites is 1. The van der Waals surface area contributed by atoms with E-state index in [1.165, 1.54) is 16.7 Å². The molecule has 1 aromatic carbocycles. The van der Waals surface area contributed by atoms with E-state index in [9.17, 15) is 9.59 Å². The van der Waals surface area contributed by atoms with Gasteiger partial charge in [-0.25, -0.2) is 0 Å². The molecule has 1 saturated heterocycles. The van der Waals surface area contributed by atoms with Gasteiger partial charge in [-0.15, -0.1) is 5.10 Å². The number of hydrogen-bond donors (Lipinski definition) is 1. The van der Waals surface area contributed by atoms with E-state index in [1.54, 1.807) is 12.1 Å². The summed E-state index contributed by atoms with van der Waals surface area (Å²) in [5, 5.41) is 17.5. The van der Waals surface area contributed by atoms with Gasteiger partial charge in [0.2, 0.25) is 5.91 Å². The zero-order valence-electron chi connectivity index (χ0n) is 14.5. The lowest BCUT2D eigenvalue weighted by molar-refractivity contribution is -0.138. The van der Waals surface area contributed by atoms with Crippen molar-refractivity contribution in [1.82, 2.24) is 0 Å². The number of carbonyl (C=O) groups is 2. The van der Waals surface area contributed by atoms with E-state index in [2.05, 4.69) is 24.1 Å². The molecule has 0 unspecified atom stereocenters. The Bertz CT molecular complexity index is 665. The van der Waals surface area contributed by atoms with Crippen LogP contribution in [0.5, 0.6) is 0 Å². The van der Waals surface area contributed by atoms with Crippen molar-refractivity contribution < 1.29 is 14.7 Å². The molecule has 1 atom stereocenters. The van der Waals surface area contributed by atoms with Crippen molar-refractivity contribution in [3.63, 3.8) is 0 Å². The Labute approximate surface area is 152 Å². The van der Waals surface area contributed by atoms with E-state index in [0.29, 0.717) is 10.9 Å². The topological polar surface area (TPSA) is 82.3 Å². The Hall–Kier alpha value is -2.15. The molecule has 0 bridgehead atoms. The summed E-state index contributed by atoms with van der Waals surface area (Å²) in [6, 6.07) is 9.14. The highest BCUT2D eigenvalue weighted by atomic mass is 32.2. The Morgan fingerprint density at radius 2 is 1.84 bits per heavy atom. The Kier molecular flexibility index (Phi) is 7.18. The van der Waals surface area contributed by atoms with Crippen LogP contribution in [-0.2, 0) is 9.59 Å². The molecule has 134 valence electrons. The van der Waals surface area contributed by atoms with Gasteiger partial charge in [-0.2, -0.15) is 5.10 Å². The second-order valence-corrected chi connectivity index (χ2v) is 6.93. The van der Waals surface area contributed by atoms with Crippen LogP contribution in [0.25, 0.3) is 0 Å². The average Bonchev–Trinajstić information content (AvgIpc) is 2.89. The van der Waals surface area contributed by atoms with Gasteiger partial charge < -0.3 is 5.11 Å². The monoisotopic (exact) mass is 361 g/mol. The Morgan fingerprint density at radius 1 is 1.20 bits per heavy atom. The van der Waals surface area contributed by atoms with Gasteiger partial charge in [0, 0.05) is 5.71 Å². The number of anilines is 1. The number of carbonyl (C=O) groups excluding carboxylic acids is 1. The van der Waals surface area contributed by atoms with Crippen LogP contribution in [0.15, 0.2) is 40.5 Å². The number of carboxylic acids is 1. The number of nitrogens with zero attached hydrogens (tertiary/aromatic N) is 3. The lowest BCUT2D eigenvalue weighted by Gasteiger charge is -2.15. The number of hydrogen-bond acceptors (Lipinski definition) is 5. The van der Waals surface area contributed by atoms with Crippen LogP contribution >= 0.6 is 11.8 Å². The number of benzene rings is 1. The zero-order valence-corrected chi connectivity index (χ0v) is 15.3. The fraction of sp³-hybridized carbons (Fsp3) is 0.444. The van der Waals surface area contributed by atoms with E-state index >= 15 is 0 Å². The predicted molar refractivity (Wildman–Crippen MR) is 102 cm³/mol. The fourth-order valence-corrected chi connectivity index (χ4v) is 3.63. The molecule has 1 amide bonds. The van der Waals surface area contributed by atoms with E-state index in [4.69, 9.17) is 5.11 Å². The molecule has 0 aliphatic carbocycles. The summed E-state index contributed by atoms with van der Waals surface area (Å²) >= 11 is 1.17. The maximum Gasteiger partial charge on any atom is 0.305 e. The molecule has 1 aromatic rings. The fourth-order valence-electron chi connectivity index (χ4n) is 2.55. The molecule has 7 heteroatoms. The quantitative estimate of drug-likeness (QED) is 0.562. The van der Waals surface area contributed by atoms with Crippen molar-refractivity contribution in [2.75, 3.05) is 4.90 Å². The SMILES string of the molecule is CCCC(CCC)=NN=C1S[C@@H](CC(=O)O)C(=O)N1c1ccccc1. The molecule has 1 aliphatic heterocycles. The highest BCUT2D eigenvalue weighted by Crippen LogP contribution is 2.33. The zero-order chi connectivity index (χ0) is 18.2. The average molecular weight is 361 g/mol. The van der Waals surface area contributed by atoms with Crippen LogP contribution in [-0.4, -0.2) is 33.1 Å². The predicted octanol–water partition coefficient (Wildman–Crippen LogP) is 3.92. The molecule has 0 radical (unpaired) electrons. The van der Waals surface area contributed by atoms with Gasteiger partial charge in [-0.1, -0.05) is 56.7 Å². The van der Waals surface area contributed by atoms with Crippen LogP contribution in [0.3, 0.4) is 0 Å². The van der Waals surface area contributed by atoms with Crippen molar-refractivity contribution in [2.24, 2.45) is 10.2 Å². The maximum absolute atomic E-state index is 12.7. The summed E-state index contributed by atoms with van der Waals surface area (Å²) in [5.74, 6) is -1.26. The van der Waals surface area contributed by atoms with Gasteiger partial charge in [0.25, 0.3) is 0 Å². The third-order valence-electron chi connectivity index (χ3n) is 3.66. The molecule has 25 heavy (non-hydrogen) atoms. The number of rotatable bonds is 8. The Balaban J connectivity index is 2.34. The minimum Gasteiger partial charge on any atom is -0.481 e. The maximum atomic E-state index is 12.7. The van der Waals surface area contributed by atoms with Gasteiger partial charge in [0.05, 0.1) is 12.1 Å². The lowest BCUT2D eigenvalue weighted by Crippen LogP contribution is -2.32. The molecule has 0 aromatic heterocycles. The second kappa shape index (κ2) is 9.36. The molecule has 1 N–H and O–H groups in total. The molecular formula is C18H23N3O3S. The summed E-state index contributed by atoms with van der Waals surface area (Å²) in [6.45, 7) is 4.18. The number of amidine groups is 1. The highest BCUT2D eigenvalue weighted by Gasteiger charge is 2.40. The molecule has 2 rings (SSSR count). The summed E-state index contributed by atoms with van der Waals surface area (Å²) in [7, 11) is 0. The first-order valence-electron chi connectivity index (χ1n) is 8.47. The highest BCUT2D eigenvalue weighted by molar-refractivity contribution is 8.16. The third-order valence-corrected chi connectivity index (χ3v) is 4.79. The van der Waals surface area contributed by atoms with E-state index < -0.39 is 11.2 Å². The smallest absolute Gasteiger partial charge is 0.305 e. The summed E-state index contributed by atoms with van der Waals surface area (Å²) < 4.78 is 0. The lowest BCUT2D eigenvalue weighted by atomic mass is 10.1. The van der Waals surface area contributed by atoms with Crippen LogP contribution in [0.2, 0.25) is 0 Å². The van der Waals surface area contributed by atoms with Crippen LogP contribution in [0.4, 0.5) is 5.69 Å². The van der Waals surface area contributed by atoms with Gasteiger partial charge in [-0.3, -0.25) is 14.5 Å². The first-order chi connectivity index (χ1) is 12.1. The third kappa shape index (κ3) is 5.16. The van der Waals surface area contributed by atoms with E-state index in [-0.39, 0.29) is 12.3 Å². The first-order valence-corrected chi connectivity index (χ1v) is 9.35. The molecule has 6 nitrogen and oxygen atoms in total. The van der Waals surface area contributed by atoms with Gasteiger partial charge in [0.15, 0.2) is 5.17 Å². The summed E-state index contributed by atoms with van der Waals surface area (Å²) in [4.78, 5) is 25.2. The number of carboxylic acid groups (broad SMARTS) is 1. The van der Waals surface area contributed by atoms with Gasteiger partial charge in [-0.05, 0) is 25.0 Å². The van der Waals surface area contributed by atoms with Crippen molar-refractivity contribution in [2.45, 2.75) is 51.2 Å². The minimum atomic E-state index is -0.999. The second-order valence-electron chi connectivity index (χ2n) is 5.76. The summed E-state index contributed by atoms with van der Waals surface area (Å²) in [6.07, 6.45) is 3.48. The van der Waals surface area contributed by atoms with Crippen molar-refractivity contribution in [3.8, 4) is 0 Å². The van der Waals surface area contributed by atoms with E-state index in [1.807, 2.05) is 18.2 Å². The van der Waals surface area contributed by atoms with Gasteiger partial charge in [0.1, 0.15) is 5.25 Å². The first kappa shape index (κ1) is 19.2. The number of thioether (sulfide) groups is 1. The van der Waals surface area contributed by atoms with Gasteiger partial charge >= 0.3 is 5.97 Å². The largest absolute Gasteiger partial charge is 0.481 e. The molecule has 0 saturated carbocycles. The number of amides is 1. The number of aliphatic carboxylic acids is 1. The summed E-state index contributed by atoms with van der Waals surface area (Å²) in [5.41, 5.74) is 1.68. The van der Waals surface area contributed by atoms with Crippen LogP contribution in [0.1, 0.15) is 46.0 Å². The molecular weight excluding hydrogens is 338 g/mol. The van der Waals surface area contributed by atoms with Crippen LogP contribution < -0.4 is 4.90 Å². The van der Waals surface area contributed by atoms with Crippen LogP contribution in [0, 0.1) is 0 Å². The molecule has 1 fully saturated rings. The van der Waals surface area contributed by atoms with Crippen molar-refractivity contribution >= 4 is 40.2 Å². The van der Waals surface area contributed by atoms with Crippen molar-refractivity contribution in [1.29, 1.82) is 0 Å². The van der Waals surface area contributed by atoms with Crippen molar-refractivity contribution in [3.05, 3.63) is 30.3 Å². The molecule has 1 heterocycles. The molecule has 1 aliphatic rings. The Morgan fingerprint density at radius 3 is 2.40 bits per heavy atom. The normalized spacial score (nSPS) is 18.6.